The molecule has 1 aromatic carbocycles. The van der Waals surface area contributed by atoms with Gasteiger partial charge < -0.3 is 15.2 Å². The van der Waals surface area contributed by atoms with Crippen molar-refractivity contribution in [3.05, 3.63) is 37.9 Å². The molecular weight excluding hydrogens is 327 g/mol. The van der Waals surface area contributed by atoms with Gasteiger partial charge in [-0.15, -0.1) is 0 Å². The lowest BCUT2D eigenvalue weighted by molar-refractivity contribution is -0.384. The van der Waals surface area contributed by atoms with Crippen LogP contribution in [-0.4, -0.2) is 41.7 Å². The van der Waals surface area contributed by atoms with Crippen LogP contribution in [0.3, 0.4) is 0 Å². The van der Waals surface area contributed by atoms with Crippen molar-refractivity contribution in [3.63, 3.8) is 0 Å². The lowest BCUT2D eigenvalue weighted by atomic mass is 10.2. The lowest BCUT2D eigenvalue weighted by Crippen LogP contribution is -2.37. The molecule has 0 heterocycles. The summed E-state index contributed by atoms with van der Waals surface area (Å²) in [4.78, 5) is 32.7. The standard InChI is InChI=1S/C11H10Cl2N2O6/c1-21-11(18)8(16)4-14-10(17)5-2-6(12)9(13)7(3-5)15(19)20/h2-3,8,16H,4H2,1H3,(H,14,17). The van der Waals surface area contributed by atoms with E-state index in [4.69, 9.17) is 23.2 Å². The molecule has 8 nitrogen and oxygen atoms in total. The number of hydrogen-bond donors (Lipinski definition) is 2. The maximum Gasteiger partial charge on any atom is 0.336 e. The van der Waals surface area contributed by atoms with Crippen molar-refractivity contribution in [1.82, 2.24) is 5.32 Å². The van der Waals surface area contributed by atoms with Crippen molar-refractivity contribution in [2.24, 2.45) is 0 Å². The Morgan fingerprint density at radius 2 is 2.10 bits per heavy atom. The molecule has 0 aliphatic carbocycles. The number of hydrogen-bond acceptors (Lipinski definition) is 6. The maximum atomic E-state index is 11.8. The summed E-state index contributed by atoms with van der Waals surface area (Å²) in [6.07, 6.45) is -1.54. The molecule has 10 heteroatoms. The van der Waals surface area contributed by atoms with Crippen molar-refractivity contribution in [3.8, 4) is 0 Å². The van der Waals surface area contributed by atoms with Crippen LogP contribution in [0.4, 0.5) is 5.69 Å². The normalized spacial score (nSPS) is 11.6. The van der Waals surface area contributed by atoms with Crippen LogP contribution in [0.2, 0.25) is 10.0 Å². The Balaban J connectivity index is 2.89. The molecule has 1 rings (SSSR count). The molecule has 1 aromatic rings. The highest BCUT2D eigenvalue weighted by molar-refractivity contribution is 6.43. The third kappa shape index (κ3) is 4.28. The number of methoxy groups -OCH3 is 1. The topological polar surface area (TPSA) is 119 Å². The number of nitro benzene ring substituents is 1. The van der Waals surface area contributed by atoms with Crippen LogP contribution in [0.5, 0.6) is 0 Å². The molecule has 0 fully saturated rings. The van der Waals surface area contributed by atoms with Gasteiger partial charge in [0, 0.05) is 11.6 Å². The molecule has 114 valence electrons. The summed E-state index contributed by atoms with van der Waals surface area (Å²) >= 11 is 11.3. The smallest absolute Gasteiger partial charge is 0.336 e. The first-order valence-electron chi connectivity index (χ1n) is 5.45. The van der Waals surface area contributed by atoms with E-state index in [1.807, 2.05) is 0 Å². The van der Waals surface area contributed by atoms with Gasteiger partial charge in [0.1, 0.15) is 5.02 Å². The Labute approximate surface area is 128 Å². The summed E-state index contributed by atoms with van der Waals surface area (Å²) in [5.74, 6) is -1.69. The minimum absolute atomic E-state index is 0.131. The van der Waals surface area contributed by atoms with E-state index < -0.39 is 35.1 Å². The number of nitrogens with one attached hydrogen (secondary N) is 1. The number of rotatable bonds is 5. The second-order valence-corrected chi connectivity index (χ2v) is 4.58. The first-order valence-corrected chi connectivity index (χ1v) is 6.21. The van der Waals surface area contributed by atoms with Crippen LogP contribution in [0, 0.1) is 10.1 Å². The Hall–Kier alpha value is -1.90. The van der Waals surface area contributed by atoms with Crippen molar-refractivity contribution < 1.29 is 24.4 Å². The summed E-state index contributed by atoms with van der Waals surface area (Å²) in [6.45, 7) is -0.417. The Morgan fingerprint density at radius 1 is 1.48 bits per heavy atom. The zero-order chi connectivity index (χ0) is 16.2. The number of amides is 1. The number of aliphatic hydroxyl groups is 1. The van der Waals surface area contributed by atoms with E-state index in [9.17, 15) is 24.8 Å². The van der Waals surface area contributed by atoms with E-state index in [0.717, 1.165) is 19.2 Å². The second-order valence-electron chi connectivity index (χ2n) is 3.80. The molecule has 0 aliphatic heterocycles. The number of nitrogens with zero attached hydrogens (tertiary/aromatic N) is 1. The first-order chi connectivity index (χ1) is 9.77. The van der Waals surface area contributed by atoms with E-state index in [0.29, 0.717) is 0 Å². The van der Waals surface area contributed by atoms with Gasteiger partial charge in [-0.2, -0.15) is 0 Å². The zero-order valence-electron chi connectivity index (χ0n) is 10.6. The fourth-order valence-electron chi connectivity index (χ4n) is 1.35. The minimum Gasteiger partial charge on any atom is -0.467 e. The van der Waals surface area contributed by atoms with Gasteiger partial charge in [0.05, 0.1) is 23.6 Å². The average molecular weight is 337 g/mol. The molecule has 0 saturated carbocycles. The van der Waals surface area contributed by atoms with Gasteiger partial charge in [0.2, 0.25) is 0 Å². The minimum atomic E-state index is -1.54. The number of benzene rings is 1. The van der Waals surface area contributed by atoms with Crippen molar-refractivity contribution in [1.29, 1.82) is 0 Å². The number of aliphatic hydroxyl groups excluding tert-OH is 1. The van der Waals surface area contributed by atoms with Gasteiger partial charge >= 0.3 is 5.97 Å². The third-order valence-corrected chi connectivity index (χ3v) is 3.19. The van der Waals surface area contributed by atoms with Gasteiger partial charge in [-0.05, 0) is 6.07 Å². The molecular formula is C11H10Cl2N2O6. The molecule has 0 radical (unpaired) electrons. The Kier molecular flexibility index (Phi) is 5.89. The molecule has 21 heavy (non-hydrogen) atoms. The quantitative estimate of drug-likeness (QED) is 0.473. The van der Waals surface area contributed by atoms with Crippen molar-refractivity contribution >= 4 is 40.8 Å². The van der Waals surface area contributed by atoms with Crippen LogP contribution in [-0.2, 0) is 9.53 Å². The summed E-state index contributed by atoms with van der Waals surface area (Å²) < 4.78 is 4.27. The fraction of sp³-hybridized carbons (Fsp3) is 0.273. The summed E-state index contributed by atoms with van der Waals surface area (Å²) in [5.41, 5.74) is -0.656. The van der Waals surface area contributed by atoms with Crippen LogP contribution in [0.1, 0.15) is 10.4 Å². The monoisotopic (exact) mass is 336 g/mol. The molecule has 1 atom stereocenters. The van der Waals surface area contributed by atoms with E-state index in [2.05, 4.69) is 10.1 Å². The molecule has 0 spiro atoms. The lowest BCUT2D eigenvalue weighted by Gasteiger charge is -2.10. The summed E-state index contributed by atoms with van der Waals surface area (Å²) in [6, 6.07) is 2.07. The van der Waals surface area contributed by atoms with E-state index in [-0.39, 0.29) is 15.6 Å². The molecule has 1 unspecified atom stereocenters. The summed E-state index contributed by atoms with van der Waals surface area (Å²) in [7, 11) is 1.08. The van der Waals surface area contributed by atoms with E-state index in [1.165, 1.54) is 0 Å². The number of esters is 1. The van der Waals surface area contributed by atoms with Gasteiger partial charge in [0.25, 0.3) is 11.6 Å². The van der Waals surface area contributed by atoms with E-state index in [1.54, 1.807) is 0 Å². The maximum absolute atomic E-state index is 11.8. The van der Waals surface area contributed by atoms with Crippen LogP contribution in [0.25, 0.3) is 0 Å². The number of halogens is 2. The Morgan fingerprint density at radius 3 is 2.62 bits per heavy atom. The van der Waals surface area contributed by atoms with Gasteiger partial charge in [-0.1, -0.05) is 23.2 Å². The van der Waals surface area contributed by atoms with Gasteiger partial charge in [-0.25, -0.2) is 4.79 Å². The molecule has 2 N–H and O–H groups in total. The SMILES string of the molecule is COC(=O)C(O)CNC(=O)c1cc(Cl)c(Cl)c([N+](=O)[O-])c1. The predicted octanol–water partition coefficient (Wildman–Crippen LogP) is 1.17. The van der Waals surface area contributed by atoms with Crippen LogP contribution in [0.15, 0.2) is 12.1 Å². The van der Waals surface area contributed by atoms with E-state index >= 15 is 0 Å². The van der Waals surface area contributed by atoms with Gasteiger partial charge in [-0.3, -0.25) is 14.9 Å². The highest BCUT2D eigenvalue weighted by Gasteiger charge is 2.21. The third-order valence-electron chi connectivity index (χ3n) is 2.40. The zero-order valence-corrected chi connectivity index (χ0v) is 12.1. The molecule has 0 aliphatic rings. The Bertz CT molecular complexity index is 592. The molecule has 1 amide bonds. The number of nitro groups is 1. The fourth-order valence-corrected chi connectivity index (χ4v) is 1.74. The predicted molar refractivity (Wildman–Crippen MR) is 73.5 cm³/mol. The highest BCUT2D eigenvalue weighted by atomic mass is 35.5. The second kappa shape index (κ2) is 7.21. The first kappa shape index (κ1) is 17.2. The number of carbonyl (C=O) groups is 2. The average Bonchev–Trinajstić information content (AvgIpc) is 2.45. The summed E-state index contributed by atoms with van der Waals surface area (Å²) in [5, 5.41) is 21.8. The molecule has 0 bridgehead atoms. The van der Waals surface area contributed by atoms with Crippen molar-refractivity contribution in [2.75, 3.05) is 13.7 Å². The van der Waals surface area contributed by atoms with Crippen molar-refractivity contribution in [2.45, 2.75) is 6.10 Å². The van der Waals surface area contributed by atoms with Crippen LogP contribution >= 0.6 is 23.2 Å². The number of carbonyl (C=O) groups excluding carboxylic acids is 2. The number of ether oxygens (including phenoxy) is 1. The largest absolute Gasteiger partial charge is 0.467 e. The van der Waals surface area contributed by atoms with Crippen LogP contribution < -0.4 is 5.32 Å². The highest BCUT2D eigenvalue weighted by Crippen LogP contribution is 2.32. The molecule has 0 saturated heterocycles. The van der Waals surface area contributed by atoms with Gasteiger partial charge in [0.15, 0.2) is 6.10 Å². The molecule has 0 aromatic heterocycles.